The van der Waals surface area contributed by atoms with Crippen molar-refractivity contribution in [3.63, 3.8) is 0 Å². The molecule has 4 heteroatoms. The van der Waals surface area contributed by atoms with E-state index in [4.69, 9.17) is 4.98 Å². The fourth-order valence-electron chi connectivity index (χ4n) is 3.82. The summed E-state index contributed by atoms with van der Waals surface area (Å²) in [7, 11) is 2.05. The summed E-state index contributed by atoms with van der Waals surface area (Å²) in [4.78, 5) is 4.75. The second kappa shape index (κ2) is 9.20. The predicted molar refractivity (Wildman–Crippen MR) is 119 cm³/mol. The van der Waals surface area contributed by atoms with Crippen molar-refractivity contribution in [2.45, 2.75) is 6.92 Å². The standard InChI is InChI=1S/C26H19N2.B.Y/c1-18-12-13-21(19-8-4-3-5-9-19)16-24(18)26-23-15-14-20-10-6-7-11-22(20)25(23)27-17-28(26)2;;/h3-8,10-15,17H,1-2H3;;/q-1;;. The monoisotopic (exact) mass is 459 g/mol. The number of rotatable bonds is 2. The van der Waals surface area contributed by atoms with Crippen molar-refractivity contribution in [1.29, 1.82) is 0 Å². The van der Waals surface area contributed by atoms with E-state index in [2.05, 4.69) is 78.2 Å². The fourth-order valence-corrected chi connectivity index (χ4v) is 3.82. The molecule has 0 saturated carbocycles. The molecule has 2 nitrogen and oxygen atoms in total. The molecule has 4 radical (unpaired) electrons. The molecule has 0 atom stereocenters. The van der Waals surface area contributed by atoms with Crippen LogP contribution in [0.25, 0.3) is 44.1 Å². The maximum atomic E-state index is 4.75. The SMILES string of the molecule is Cc1ccc(-c2[c-]cccc2)[c-]c1-c1c2ccc3ccccc3c2nc[n+]1C.[B].[Y]. The van der Waals surface area contributed by atoms with Crippen LogP contribution in [0.3, 0.4) is 0 Å². The summed E-state index contributed by atoms with van der Waals surface area (Å²) in [5, 5.41) is 3.51. The van der Waals surface area contributed by atoms with Crippen LogP contribution in [0.15, 0.2) is 79.1 Å². The fraction of sp³-hybridized carbons (Fsp3) is 0.0769. The Morgan fingerprint density at radius 1 is 0.833 bits per heavy atom. The average Bonchev–Trinajstić information content (AvgIpc) is 2.75. The first-order chi connectivity index (χ1) is 13.7. The predicted octanol–water partition coefficient (Wildman–Crippen LogP) is 5.07. The molecule has 0 N–H and O–H groups in total. The molecule has 5 aromatic rings. The first-order valence-electron chi connectivity index (χ1n) is 9.39. The summed E-state index contributed by atoms with van der Waals surface area (Å²) in [6.45, 7) is 2.14. The Balaban J connectivity index is 0.00000128. The number of aromatic nitrogens is 2. The molecule has 0 amide bonds. The van der Waals surface area contributed by atoms with Crippen LogP contribution < -0.4 is 4.57 Å². The topological polar surface area (TPSA) is 16.8 Å². The third-order valence-corrected chi connectivity index (χ3v) is 5.26. The van der Waals surface area contributed by atoms with E-state index in [1.165, 1.54) is 16.3 Å². The molecule has 0 aliphatic carbocycles. The van der Waals surface area contributed by atoms with Gasteiger partial charge in [-0.15, -0.1) is 17.7 Å². The van der Waals surface area contributed by atoms with E-state index in [1.54, 1.807) is 0 Å². The Morgan fingerprint density at radius 2 is 1.63 bits per heavy atom. The van der Waals surface area contributed by atoms with Gasteiger partial charge in [0, 0.05) is 51.9 Å². The van der Waals surface area contributed by atoms with Gasteiger partial charge in [0.1, 0.15) is 0 Å². The maximum Gasteiger partial charge on any atom is 0.280 e. The van der Waals surface area contributed by atoms with E-state index in [9.17, 15) is 0 Å². The van der Waals surface area contributed by atoms with Crippen molar-refractivity contribution in [3.05, 3.63) is 96.8 Å². The molecule has 0 aliphatic rings. The van der Waals surface area contributed by atoms with Crippen molar-refractivity contribution < 1.29 is 37.3 Å². The number of nitrogens with zero attached hydrogens (tertiary/aromatic N) is 2. The number of hydrogen-bond donors (Lipinski definition) is 0. The van der Waals surface area contributed by atoms with Crippen LogP contribution in [0, 0.1) is 19.1 Å². The molecule has 4 aromatic carbocycles. The third kappa shape index (κ3) is 3.85. The minimum absolute atomic E-state index is 0. The van der Waals surface area contributed by atoms with Gasteiger partial charge in [-0.05, 0) is 16.4 Å². The summed E-state index contributed by atoms with van der Waals surface area (Å²) >= 11 is 0. The summed E-state index contributed by atoms with van der Waals surface area (Å²) < 4.78 is 2.09. The van der Waals surface area contributed by atoms with Crippen LogP contribution in [0.1, 0.15) is 5.56 Å². The molecular formula is C26H19BN2Y-. The van der Waals surface area contributed by atoms with Crippen LogP contribution in [0.2, 0.25) is 0 Å². The van der Waals surface area contributed by atoms with Gasteiger partial charge in [0.15, 0.2) is 5.52 Å². The average molecular weight is 459 g/mol. The van der Waals surface area contributed by atoms with E-state index < -0.39 is 0 Å². The van der Waals surface area contributed by atoms with Gasteiger partial charge in [-0.3, -0.25) is 4.57 Å². The third-order valence-electron chi connectivity index (χ3n) is 5.26. The van der Waals surface area contributed by atoms with Gasteiger partial charge in [-0.1, -0.05) is 42.8 Å². The zero-order valence-corrected chi connectivity index (χ0v) is 19.9. The second-order valence-corrected chi connectivity index (χ2v) is 7.09. The molecule has 0 fully saturated rings. The Morgan fingerprint density at radius 3 is 2.43 bits per heavy atom. The zero-order chi connectivity index (χ0) is 19.1. The van der Waals surface area contributed by atoms with E-state index in [1.807, 2.05) is 31.6 Å². The summed E-state index contributed by atoms with van der Waals surface area (Å²) in [5.74, 6) is 0. The second-order valence-electron chi connectivity index (χ2n) is 7.09. The first-order valence-corrected chi connectivity index (χ1v) is 9.39. The molecule has 30 heavy (non-hydrogen) atoms. The Bertz CT molecular complexity index is 1330. The van der Waals surface area contributed by atoms with E-state index in [-0.39, 0.29) is 41.1 Å². The van der Waals surface area contributed by atoms with Crippen LogP contribution >= 0.6 is 0 Å². The Hall–Kier alpha value is -2.35. The Labute approximate surface area is 204 Å². The summed E-state index contributed by atoms with van der Waals surface area (Å²) in [6.07, 6.45) is 1.90. The minimum atomic E-state index is 0. The Kier molecular flexibility index (Phi) is 6.85. The maximum absolute atomic E-state index is 4.75. The molecule has 5 rings (SSSR count). The molecule has 0 saturated heterocycles. The quantitative estimate of drug-likeness (QED) is 0.156. The normalized spacial score (nSPS) is 10.5. The van der Waals surface area contributed by atoms with Gasteiger partial charge in [0.05, 0.1) is 12.7 Å². The van der Waals surface area contributed by atoms with E-state index in [0.29, 0.717) is 0 Å². The smallest absolute Gasteiger partial charge is 0.265 e. The number of benzene rings is 4. The van der Waals surface area contributed by atoms with Crippen molar-refractivity contribution in [3.8, 4) is 22.4 Å². The molecule has 0 bridgehead atoms. The minimum Gasteiger partial charge on any atom is -0.265 e. The molecule has 0 aliphatic heterocycles. The number of hydrogen-bond acceptors (Lipinski definition) is 1. The van der Waals surface area contributed by atoms with E-state index >= 15 is 0 Å². The van der Waals surface area contributed by atoms with Gasteiger partial charge >= 0.3 is 0 Å². The number of fused-ring (bicyclic) bond motifs is 3. The van der Waals surface area contributed by atoms with Crippen molar-refractivity contribution in [2.75, 3.05) is 0 Å². The summed E-state index contributed by atoms with van der Waals surface area (Å²) in [5.41, 5.74) is 6.54. The van der Waals surface area contributed by atoms with Gasteiger partial charge < -0.3 is 0 Å². The van der Waals surface area contributed by atoms with Crippen LogP contribution in [-0.4, -0.2) is 13.4 Å². The van der Waals surface area contributed by atoms with Crippen molar-refractivity contribution in [1.82, 2.24) is 4.98 Å². The first kappa shape index (κ1) is 22.3. The van der Waals surface area contributed by atoms with Gasteiger partial charge in [-0.2, -0.15) is 42.0 Å². The van der Waals surface area contributed by atoms with Crippen LogP contribution in [0.4, 0.5) is 0 Å². The van der Waals surface area contributed by atoms with Crippen molar-refractivity contribution in [2.24, 2.45) is 7.05 Å². The van der Waals surface area contributed by atoms with Crippen LogP contribution in [0.5, 0.6) is 0 Å². The molecule has 1 aromatic heterocycles. The van der Waals surface area contributed by atoms with Gasteiger partial charge in [0.25, 0.3) is 6.33 Å². The van der Waals surface area contributed by atoms with Gasteiger partial charge in [-0.25, -0.2) is 5.56 Å². The molecule has 140 valence electrons. The zero-order valence-electron chi connectivity index (χ0n) is 17.1. The molecule has 0 unspecified atom stereocenters. The molecular weight excluding hydrogens is 440 g/mol. The molecule has 1 heterocycles. The largest absolute Gasteiger partial charge is 0.280 e. The van der Waals surface area contributed by atoms with E-state index in [0.717, 1.165) is 33.3 Å². The van der Waals surface area contributed by atoms with Crippen molar-refractivity contribution >= 4 is 30.1 Å². The summed E-state index contributed by atoms with van der Waals surface area (Å²) in [6, 6.07) is 32.0. The number of aryl methyl sites for hydroxylation is 2. The van der Waals surface area contributed by atoms with Gasteiger partial charge in [0.2, 0.25) is 0 Å². The molecule has 0 spiro atoms. The van der Waals surface area contributed by atoms with Crippen LogP contribution in [-0.2, 0) is 39.8 Å².